The van der Waals surface area contributed by atoms with Crippen molar-refractivity contribution >= 4 is 23.3 Å². The van der Waals surface area contributed by atoms with E-state index in [1.54, 1.807) is 23.7 Å². The van der Waals surface area contributed by atoms with Crippen LogP contribution in [0.1, 0.15) is 24.6 Å². The predicted octanol–water partition coefficient (Wildman–Crippen LogP) is 3.11. The fourth-order valence-corrected chi connectivity index (χ4v) is 4.11. The Morgan fingerprint density at radius 1 is 1.13 bits per heavy atom. The Labute approximate surface area is 174 Å². The molecule has 7 nitrogen and oxygen atoms in total. The van der Waals surface area contributed by atoms with Crippen LogP contribution in [0.3, 0.4) is 0 Å². The van der Waals surface area contributed by atoms with Gasteiger partial charge in [0.05, 0.1) is 17.1 Å². The number of aromatic nitrogens is 2. The first-order valence-corrected chi connectivity index (χ1v) is 10.1. The first kappa shape index (κ1) is 18.4. The van der Waals surface area contributed by atoms with E-state index in [-0.39, 0.29) is 18.4 Å². The Morgan fingerprint density at radius 2 is 1.90 bits per heavy atom. The number of rotatable bonds is 4. The highest BCUT2D eigenvalue weighted by molar-refractivity contribution is 6.06. The average molecular weight is 402 g/mol. The van der Waals surface area contributed by atoms with Gasteiger partial charge in [-0.15, -0.1) is 0 Å². The molecule has 7 heteroatoms. The Morgan fingerprint density at radius 3 is 2.73 bits per heavy atom. The summed E-state index contributed by atoms with van der Waals surface area (Å²) in [6.07, 6.45) is 2.19. The van der Waals surface area contributed by atoms with Crippen LogP contribution in [-0.4, -0.2) is 34.2 Å². The molecule has 0 bridgehead atoms. The number of para-hydroxylation sites is 3. The number of benzene rings is 2. The Kier molecular flexibility index (Phi) is 4.50. The van der Waals surface area contributed by atoms with Crippen LogP contribution in [0, 0.1) is 0 Å². The SMILES string of the molecule is C[C@H]1Oc2ccccc2N(CC(=O)Nc2c3c(nn2-c2ccccc2)CCC3)C1=O. The molecule has 1 N–H and O–H groups in total. The van der Waals surface area contributed by atoms with Gasteiger partial charge in [0.2, 0.25) is 5.91 Å². The Balaban J connectivity index is 1.44. The van der Waals surface area contributed by atoms with Crippen molar-refractivity contribution in [1.29, 1.82) is 0 Å². The smallest absolute Gasteiger partial charge is 0.268 e. The van der Waals surface area contributed by atoms with E-state index < -0.39 is 6.10 Å². The number of ether oxygens (including phenoxy) is 1. The van der Waals surface area contributed by atoms with Crippen LogP contribution in [0.4, 0.5) is 11.5 Å². The Bertz CT molecular complexity index is 1120. The molecule has 2 amide bonds. The summed E-state index contributed by atoms with van der Waals surface area (Å²) in [6, 6.07) is 17.0. The van der Waals surface area contributed by atoms with E-state index in [1.165, 1.54) is 4.90 Å². The van der Waals surface area contributed by atoms with Crippen molar-refractivity contribution in [3.8, 4) is 11.4 Å². The third kappa shape index (κ3) is 3.12. The lowest BCUT2D eigenvalue weighted by atomic mass is 10.2. The minimum absolute atomic E-state index is 0.0850. The number of anilines is 2. The summed E-state index contributed by atoms with van der Waals surface area (Å²) in [7, 11) is 0. The van der Waals surface area contributed by atoms with Gasteiger partial charge in [-0.25, -0.2) is 4.68 Å². The van der Waals surface area contributed by atoms with Crippen LogP contribution in [-0.2, 0) is 22.4 Å². The van der Waals surface area contributed by atoms with Gasteiger partial charge in [0, 0.05) is 5.56 Å². The van der Waals surface area contributed by atoms with E-state index in [1.807, 2.05) is 42.5 Å². The molecule has 1 aromatic heterocycles. The summed E-state index contributed by atoms with van der Waals surface area (Å²) >= 11 is 0. The summed E-state index contributed by atoms with van der Waals surface area (Å²) in [4.78, 5) is 27.2. The van der Waals surface area contributed by atoms with Gasteiger partial charge >= 0.3 is 0 Å². The molecule has 2 heterocycles. The standard InChI is InChI=1S/C23H22N4O3/c1-15-23(29)26(19-12-5-6-13-20(19)30-15)14-21(28)24-22-17-10-7-11-18(17)25-27(22)16-8-3-2-4-9-16/h2-6,8-9,12-13,15H,7,10-11,14H2,1H3,(H,24,28)/t15-/m1/s1. The average Bonchev–Trinajstić information content (AvgIpc) is 3.35. The van der Waals surface area contributed by atoms with E-state index >= 15 is 0 Å². The lowest BCUT2D eigenvalue weighted by molar-refractivity contribution is -0.127. The van der Waals surface area contributed by atoms with Crippen molar-refractivity contribution < 1.29 is 14.3 Å². The van der Waals surface area contributed by atoms with Gasteiger partial charge in [0.1, 0.15) is 18.1 Å². The molecular weight excluding hydrogens is 380 g/mol. The lowest BCUT2D eigenvalue weighted by Crippen LogP contribution is -2.47. The molecule has 1 aliphatic carbocycles. The normalized spacial score (nSPS) is 17.3. The van der Waals surface area contributed by atoms with Crippen LogP contribution in [0.5, 0.6) is 5.75 Å². The number of hydrogen-bond donors (Lipinski definition) is 1. The van der Waals surface area contributed by atoms with Crippen molar-refractivity contribution in [1.82, 2.24) is 9.78 Å². The summed E-state index contributed by atoms with van der Waals surface area (Å²) in [5.74, 6) is 0.804. The maximum absolute atomic E-state index is 13.0. The highest BCUT2D eigenvalue weighted by atomic mass is 16.5. The molecule has 0 radical (unpaired) electrons. The van der Waals surface area contributed by atoms with Gasteiger partial charge in [-0.05, 0) is 50.5 Å². The number of aryl methyl sites for hydroxylation is 1. The molecule has 1 atom stereocenters. The molecule has 0 spiro atoms. The number of amides is 2. The van der Waals surface area contributed by atoms with E-state index in [2.05, 4.69) is 5.32 Å². The number of fused-ring (bicyclic) bond motifs is 2. The predicted molar refractivity (Wildman–Crippen MR) is 113 cm³/mol. The van der Waals surface area contributed by atoms with Gasteiger partial charge in [0.15, 0.2) is 6.10 Å². The highest BCUT2D eigenvalue weighted by Crippen LogP contribution is 2.34. The first-order chi connectivity index (χ1) is 14.6. The molecule has 3 aromatic rings. The van der Waals surface area contributed by atoms with Gasteiger partial charge < -0.3 is 10.1 Å². The van der Waals surface area contributed by atoms with E-state index in [9.17, 15) is 9.59 Å². The van der Waals surface area contributed by atoms with Gasteiger partial charge in [-0.2, -0.15) is 5.10 Å². The van der Waals surface area contributed by atoms with Crippen molar-refractivity contribution in [3.05, 3.63) is 65.9 Å². The second-order valence-corrected chi connectivity index (χ2v) is 7.58. The minimum Gasteiger partial charge on any atom is -0.479 e. The molecular formula is C23H22N4O3. The number of carbonyl (C=O) groups excluding carboxylic acids is 2. The molecule has 5 rings (SSSR count). The molecule has 0 saturated heterocycles. The molecule has 2 aliphatic rings. The molecule has 152 valence electrons. The molecule has 0 saturated carbocycles. The number of carbonyl (C=O) groups is 2. The number of nitrogens with zero attached hydrogens (tertiary/aromatic N) is 3. The summed E-state index contributed by atoms with van der Waals surface area (Å²) in [5, 5.41) is 7.75. The van der Waals surface area contributed by atoms with Gasteiger partial charge in [-0.1, -0.05) is 30.3 Å². The first-order valence-electron chi connectivity index (χ1n) is 10.1. The van der Waals surface area contributed by atoms with Crippen LogP contribution in [0.15, 0.2) is 54.6 Å². The quantitative estimate of drug-likeness (QED) is 0.728. The molecule has 30 heavy (non-hydrogen) atoms. The third-order valence-electron chi connectivity index (χ3n) is 5.54. The molecule has 2 aromatic carbocycles. The summed E-state index contributed by atoms with van der Waals surface area (Å²) in [6.45, 7) is 1.61. The van der Waals surface area contributed by atoms with Crippen molar-refractivity contribution in [2.45, 2.75) is 32.3 Å². The fourth-order valence-electron chi connectivity index (χ4n) is 4.11. The highest BCUT2D eigenvalue weighted by Gasteiger charge is 2.33. The van der Waals surface area contributed by atoms with Crippen molar-refractivity contribution in [2.75, 3.05) is 16.8 Å². The van der Waals surface area contributed by atoms with Gasteiger partial charge in [0.25, 0.3) is 5.91 Å². The zero-order valence-electron chi connectivity index (χ0n) is 16.7. The molecule has 0 fully saturated rings. The monoisotopic (exact) mass is 402 g/mol. The zero-order valence-corrected chi connectivity index (χ0v) is 16.7. The largest absolute Gasteiger partial charge is 0.479 e. The van der Waals surface area contributed by atoms with Crippen LogP contribution < -0.4 is 15.0 Å². The fraction of sp³-hybridized carbons (Fsp3) is 0.261. The topological polar surface area (TPSA) is 76.5 Å². The van der Waals surface area contributed by atoms with Gasteiger partial charge in [-0.3, -0.25) is 14.5 Å². The van der Waals surface area contributed by atoms with E-state index in [0.717, 1.165) is 36.2 Å². The van der Waals surface area contributed by atoms with E-state index in [0.29, 0.717) is 17.3 Å². The maximum Gasteiger partial charge on any atom is 0.268 e. The van der Waals surface area contributed by atoms with Crippen molar-refractivity contribution in [2.24, 2.45) is 0 Å². The minimum atomic E-state index is -0.633. The second-order valence-electron chi connectivity index (χ2n) is 7.58. The molecule has 1 aliphatic heterocycles. The number of hydrogen-bond acceptors (Lipinski definition) is 4. The lowest BCUT2D eigenvalue weighted by Gasteiger charge is -2.32. The maximum atomic E-state index is 13.0. The van der Waals surface area contributed by atoms with E-state index in [4.69, 9.17) is 9.84 Å². The molecule has 0 unspecified atom stereocenters. The zero-order chi connectivity index (χ0) is 20.7. The van der Waals surface area contributed by atoms with Crippen molar-refractivity contribution in [3.63, 3.8) is 0 Å². The summed E-state index contributed by atoms with van der Waals surface area (Å²) < 4.78 is 7.45. The second kappa shape index (κ2) is 7.33. The van der Waals surface area contributed by atoms with Crippen LogP contribution >= 0.6 is 0 Å². The van der Waals surface area contributed by atoms with Crippen LogP contribution in [0.2, 0.25) is 0 Å². The number of nitrogens with one attached hydrogen (secondary N) is 1. The summed E-state index contributed by atoms with van der Waals surface area (Å²) in [5.41, 5.74) is 3.60. The van der Waals surface area contributed by atoms with Crippen LogP contribution in [0.25, 0.3) is 5.69 Å². The third-order valence-corrected chi connectivity index (χ3v) is 5.54. The Hall–Kier alpha value is -3.61.